The van der Waals surface area contributed by atoms with Crippen LogP contribution in [0.5, 0.6) is 0 Å². The van der Waals surface area contributed by atoms with Crippen LogP contribution >= 0.6 is 0 Å². The first kappa shape index (κ1) is 14.8. The fourth-order valence-electron chi connectivity index (χ4n) is 1.94. The lowest BCUT2D eigenvalue weighted by atomic mass is 10.2. The van der Waals surface area contributed by atoms with Crippen molar-refractivity contribution < 1.29 is 4.74 Å². The van der Waals surface area contributed by atoms with Gasteiger partial charge in [0.25, 0.3) is 0 Å². The van der Waals surface area contributed by atoms with Crippen LogP contribution in [0.25, 0.3) is 5.69 Å². The molecule has 0 atom stereocenters. The van der Waals surface area contributed by atoms with E-state index in [0.29, 0.717) is 6.10 Å². The number of nitrogens with one attached hydrogen (secondary N) is 1. The molecule has 1 aromatic carbocycles. The minimum Gasteiger partial charge on any atom is -0.379 e. The zero-order chi connectivity index (χ0) is 14.2. The molecule has 1 heterocycles. The Labute approximate surface area is 120 Å². The highest BCUT2D eigenvalue weighted by Crippen LogP contribution is 2.08. The zero-order valence-electron chi connectivity index (χ0n) is 12.2. The average Bonchev–Trinajstić information content (AvgIpc) is 2.97. The topological polar surface area (TPSA) is 39.1 Å². The number of ether oxygens (including phenoxy) is 1. The van der Waals surface area contributed by atoms with Crippen molar-refractivity contribution in [3.63, 3.8) is 0 Å². The van der Waals surface area contributed by atoms with Crippen molar-refractivity contribution in [1.82, 2.24) is 15.1 Å². The molecular weight excluding hydrogens is 250 g/mol. The largest absolute Gasteiger partial charge is 0.379 e. The van der Waals surface area contributed by atoms with E-state index in [0.717, 1.165) is 31.8 Å². The summed E-state index contributed by atoms with van der Waals surface area (Å²) in [4.78, 5) is 0. The minimum absolute atomic E-state index is 0.324. The minimum atomic E-state index is 0.324. The summed E-state index contributed by atoms with van der Waals surface area (Å²) in [5, 5.41) is 7.64. The van der Waals surface area contributed by atoms with Crippen LogP contribution in [0.4, 0.5) is 0 Å². The van der Waals surface area contributed by atoms with Gasteiger partial charge >= 0.3 is 0 Å². The maximum absolute atomic E-state index is 5.50. The molecule has 4 heteroatoms. The van der Waals surface area contributed by atoms with Gasteiger partial charge in [-0.25, -0.2) is 4.68 Å². The standard InChI is InChI=1S/C16H23N3O/c1-14(2)20-12-4-9-17-13-15-5-7-16(8-6-15)19-11-3-10-18-19/h3,5-8,10-11,14,17H,4,9,12-13H2,1-2H3. The van der Waals surface area contributed by atoms with Crippen LogP contribution < -0.4 is 5.32 Å². The lowest BCUT2D eigenvalue weighted by molar-refractivity contribution is 0.0770. The maximum atomic E-state index is 5.50. The van der Waals surface area contributed by atoms with Crippen LogP contribution in [0.2, 0.25) is 0 Å². The van der Waals surface area contributed by atoms with Crippen molar-refractivity contribution in [2.24, 2.45) is 0 Å². The Morgan fingerprint density at radius 2 is 2.05 bits per heavy atom. The first-order valence-corrected chi connectivity index (χ1v) is 7.17. The van der Waals surface area contributed by atoms with Crippen molar-refractivity contribution in [2.45, 2.75) is 32.9 Å². The first-order chi connectivity index (χ1) is 9.75. The molecule has 0 radical (unpaired) electrons. The maximum Gasteiger partial charge on any atom is 0.0645 e. The average molecular weight is 273 g/mol. The lowest BCUT2D eigenvalue weighted by Gasteiger charge is -2.08. The van der Waals surface area contributed by atoms with Gasteiger partial charge in [0.2, 0.25) is 0 Å². The Morgan fingerprint density at radius 1 is 1.25 bits per heavy atom. The van der Waals surface area contributed by atoms with Gasteiger partial charge in [-0.3, -0.25) is 0 Å². The summed E-state index contributed by atoms with van der Waals surface area (Å²) in [6, 6.07) is 10.4. The molecular formula is C16H23N3O. The molecule has 1 N–H and O–H groups in total. The zero-order valence-corrected chi connectivity index (χ0v) is 12.2. The molecule has 0 saturated carbocycles. The Hall–Kier alpha value is -1.65. The Kier molecular flexibility index (Phi) is 5.77. The summed E-state index contributed by atoms with van der Waals surface area (Å²) in [7, 11) is 0. The van der Waals surface area contributed by atoms with Crippen LogP contribution in [0, 0.1) is 0 Å². The second-order valence-electron chi connectivity index (χ2n) is 5.07. The van der Waals surface area contributed by atoms with Crippen LogP contribution in [-0.2, 0) is 11.3 Å². The second kappa shape index (κ2) is 7.82. The molecule has 0 amide bonds. The molecule has 0 aliphatic rings. The van der Waals surface area contributed by atoms with Gasteiger partial charge < -0.3 is 10.1 Å². The number of benzene rings is 1. The van der Waals surface area contributed by atoms with Crippen molar-refractivity contribution in [1.29, 1.82) is 0 Å². The smallest absolute Gasteiger partial charge is 0.0645 e. The van der Waals surface area contributed by atoms with E-state index < -0.39 is 0 Å². The summed E-state index contributed by atoms with van der Waals surface area (Å²) < 4.78 is 7.36. The molecule has 4 nitrogen and oxygen atoms in total. The third-order valence-electron chi connectivity index (χ3n) is 2.98. The van der Waals surface area contributed by atoms with Gasteiger partial charge in [0.1, 0.15) is 0 Å². The van der Waals surface area contributed by atoms with Gasteiger partial charge in [0.15, 0.2) is 0 Å². The van der Waals surface area contributed by atoms with Crippen molar-refractivity contribution in [3.05, 3.63) is 48.3 Å². The van der Waals surface area contributed by atoms with E-state index in [9.17, 15) is 0 Å². The number of hydrogen-bond donors (Lipinski definition) is 1. The molecule has 0 bridgehead atoms. The molecule has 1 aromatic heterocycles. The van der Waals surface area contributed by atoms with Crippen molar-refractivity contribution in [2.75, 3.05) is 13.2 Å². The fourth-order valence-corrected chi connectivity index (χ4v) is 1.94. The molecule has 2 aromatic rings. The summed E-state index contributed by atoms with van der Waals surface area (Å²) in [6.07, 6.45) is 5.10. The van der Waals surface area contributed by atoms with E-state index in [4.69, 9.17) is 4.74 Å². The third kappa shape index (κ3) is 4.79. The molecule has 20 heavy (non-hydrogen) atoms. The second-order valence-corrected chi connectivity index (χ2v) is 5.07. The summed E-state index contributed by atoms with van der Waals surface area (Å²) in [5.74, 6) is 0. The molecule has 0 saturated heterocycles. The van der Waals surface area contributed by atoms with Crippen LogP contribution in [0.15, 0.2) is 42.7 Å². The first-order valence-electron chi connectivity index (χ1n) is 7.17. The Balaban J connectivity index is 1.69. The van der Waals surface area contributed by atoms with Crippen LogP contribution in [-0.4, -0.2) is 29.0 Å². The van der Waals surface area contributed by atoms with E-state index in [1.165, 1.54) is 5.56 Å². The predicted octanol–water partition coefficient (Wildman–Crippen LogP) is 2.78. The molecule has 0 aliphatic heterocycles. The molecule has 108 valence electrons. The van der Waals surface area contributed by atoms with Gasteiger partial charge in [-0.15, -0.1) is 0 Å². The van der Waals surface area contributed by atoms with Gasteiger partial charge in [0, 0.05) is 25.5 Å². The number of hydrogen-bond acceptors (Lipinski definition) is 3. The lowest BCUT2D eigenvalue weighted by Crippen LogP contribution is -2.17. The third-order valence-corrected chi connectivity index (χ3v) is 2.98. The normalized spacial score (nSPS) is 11.2. The summed E-state index contributed by atoms with van der Waals surface area (Å²) >= 11 is 0. The Bertz CT molecular complexity index is 477. The molecule has 0 spiro atoms. The fraction of sp³-hybridized carbons (Fsp3) is 0.438. The van der Waals surface area contributed by atoms with Gasteiger partial charge in [-0.2, -0.15) is 5.10 Å². The van der Waals surface area contributed by atoms with E-state index in [1.807, 2.05) is 16.9 Å². The molecule has 0 fully saturated rings. The van der Waals surface area contributed by atoms with Crippen LogP contribution in [0.1, 0.15) is 25.8 Å². The van der Waals surface area contributed by atoms with Gasteiger partial charge in [0.05, 0.1) is 11.8 Å². The van der Waals surface area contributed by atoms with Crippen molar-refractivity contribution in [3.8, 4) is 5.69 Å². The van der Waals surface area contributed by atoms with Crippen molar-refractivity contribution >= 4 is 0 Å². The highest BCUT2D eigenvalue weighted by Gasteiger charge is 1.97. The molecule has 2 rings (SSSR count). The highest BCUT2D eigenvalue weighted by atomic mass is 16.5. The Morgan fingerprint density at radius 3 is 2.70 bits per heavy atom. The van der Waals surface area contributed by atoms with E-state index in [-0.39, 0.29) is 0 Å². The van der Waals surface area contributed by atoms with Gasteiger partial charge in [-0.1, -0.05) is 12.1 Å². The van der Waals surface area contributed by atoms with E-state index in [2.05, 4.69) is 48.5 Å². The monoisotopic (exact) mass is 273 g/mol. The number of rotatable bonds is 8. The van der Waals surface area contributed by atoms with E-state index in [1.54, 1.807) is 6.20 Å². The van der Waals surface area contributed by atoms with E-state index >= 15 is 0 Å². The number of nitrogens with zero attached hydrogens (tertiary/aromatic N) is 2. The summed E-state index contributed by atoms with van der Waals surface area (Å²) in [5.41, 5.74) is 2.37. The van der Waals surface area contributed by atoms with Crippen LogP contribution in [0.3, 0.4) is 0 Å². The predicted molar refractivity (Wildman–Crippen MR) is 81.0 cm³/mol. The molecule has 0 unspecified atom stereocenters. The highest BCUT2D eigenvalue weighted by molar-refractivity contribution is 5.33. The quantitative estimate of drug-likeness (QED) is 0.752. The summed E-state index contributed by atoms with van der Waals surface area (Å²) in [6.45, 7) is 6.82. The molecule has 0 aliphatic carbocycles. The number of aromatic nitrogens is 2. The SMILES string of the molecule is CC(C)OCCCNCc1ccc(-n2cccn2)cc1. The van der Waals surface area contributed by atoms with Gasteiger partial charge in [-0.05, 0) is 50.6 Å².